The molecule has 0 saturated heterocycles. The smallest absolute Gasteiger partial charge is 0.208 e. The molecule has 0 aliphatic heterocycles. The average Bonchev–Trinajstić information content (AvgIpc) is 2.84. The monoisotopic (exact) mass is 181 g/mol. The van der Waals surface area contributed by atoms with Crippen molar-refractivity contribution in [2.45, 2.75) is 18.9 Å². The summed E-state index contributed by atoms with van der Waals surface area (Å²) in [6.45, 7) is 0.0973. The van der Waals surface area contributed by atoms with Crippen LogP contribution in [0.4, 0.5) is 0 Å². The number of methoxy groups -OCH3 is 1. The molecule has 1 aromatic heterocycles. The van der Waals surface area contributed by atoms with E-state index < -0.39 is 0 Å². The van der Waals surface area contributed by atoms with Crippen molar-refractivity contribution < 1.29 is 9.53 Å². The molecule has 1 aromatic rings. The van der Waals surface area contributed by atoms with Crippen molar-refractivity contribution in [3.8, 4) is 0 Å². The summed E-state index contributed by atoms with van der Waals surface area (Å²) in [7, 11) is 1.50. The summed E-state index contributed by atoms with van der Waals surface area (Å²) < 4.78 is 6.46. The second-order valence-corrected chi connectivity index (χ2v) is 3.15. The Morgan fingerprint density at radius 2 is 2.54 bits per heavy atom. The molecule has 0 atom stereocenters. The summed E-state index contributed by atoms with van der Waals surface area (Å²) in [6.07, 6.45) is 3.69. The van der Waals surface area contributed by atoms with Gasteiger partial charge in [-0.25, -0.2) is 4.68 Å². The van der Waals surface area contributed by atoms with Crippen molar-refractivity contribution in [2.75, 3.05) is 13.7 Å². The third kappa shape index (κ3) is 1.60. The third-order valence-corrected chi connectivity index (χ3v) is 2.03. The van der Waals surface area contributed by atoms with Crippen molar-refractivity contribution >= 4 is 5.78 Å². The van der Waals surface area contributed by atoms with Crippen LogP contribution in [0, 0.1) is 0 Å². The normalized spacial score (nSPS) is 16.1. The molecule has 0 radical (unpaired) electrons. The Bertz CT molecular complexity index is 317. The summed E-state index contributed by atoms with van der Waals surface area (Å²) >= 11 is 0. The van der Waals surface area contributed by atoms with Crippen molar-refractivity contribution in [3.63, 3.8) is 0 Å². The second kappa shape index (κ2) is 3.26. The van der Waals surface area contributed by atoms with Crippen molar-refractivity contribution in [1.29, 1.82) is 0 Å². The molecule has 13 heavy (non-hydrogen) atoms. The van der Waals surface area contributed by atoms with Crippen LogP contribution in [0.25, 0.3) is 0 Å². The Kier molecular flexibility index (Phi) is 2.10. The summed E-state index contributed by atoms with van der Waals surface area (Å²) in [5.41, 5.74) is 0.560. The van der Waals surface area contributed by atoms with E-state index in [-0.39, 0.29) is 12.4 Å². The topological polar surface area (TPSA) is 57.0 Å². The van der Waals surface area contributed by atoms with Gasteiger partial charge in [-0.05, 0) is 12.8 Å². The van der Waals surface area contributed by atoms with Crippen LogP contribution in [0.1, 0.15) is 29.4 Å². The Morgan fingerprint density at radius 1 is 1.77 bits per heavy atom. The minimum absolute atomic E-state index is 0.0561. The number of ether oxygens (including phenoxy) is 1. The third-order valence-electron chi connectivity index (χ3n) is 2.03. The number of hydrogen-bond acceptors (Lipinski definition) is 4. The molecule has 1 saturated carbocycles. The molecule has 0 amide bonds. The van der Waals surface area contributed by atoms with Gasteiger partial charge < -0.3 is 4.74 Å². The number of nitrogens with zero attached hydrogens (tertiary/aromatic N) is 3. The number of hydrogen-bond donors (Lipinski definition) is 0. The highest BCUT2D eigenvalue weighted by Crippen LogP contribution is 2.34. The lowest BCUT2D eigenvalue weighted by atomic mass is 10.3. The zero-order valence-corrected chi connectivity index (χ0v) is 7.43. The quantitative estimate of drug-likeness (QED) is 0.632. The summed E-state index contributed by atoms with van der Waals surface area (Å²) in [4.78, 5) is 11.4. The van der Waals surface area contributed by atoms with E-state index in [2.05, 4.69) is 10.3 Å². The SMILES string of the molecule is COCC(=O)c1cnnn1C1CC1. The summed E-state index contributed by atoms with van der Waals surface area (Å²) in [5.74, 6) is -0.0561. The van der Waals surface area contributed by atoms with Gasteiger partial charge in [0.25, 0.3) is 0 Å². The lowest BCUT2D eigenvalue weighted by Gasteiger charge is -2.01. The number of ketones is 1. The molecule has 1 fully saturated rings. The first-order valence-electron chi connectivity index (χ1n) is 4.25. The number of aromatic nitrogens is 3. The van der Waals surface area contributed by atoms with Crippen molar-refractivity contribution in [2.24, 2.45) is 0 Å². The molecule has 1 aliphatic rings. The standard InChI is InChI=1S/C8H11N3O2/c1-13-5-8(12)7-4-9-10-11(7)6-2-3-6/h4,6H,2-3,5H2,1H3. The fraction of sp³-hybridized carbons (Fsp3) is 0.625. The van der Waals surface area contributed by atoms with Gasteiger partial charge in [-0.3, -0.25) is 4.79 Å². The van der Waals surface area contributed by atoms with E-state index in [0.29, 0.717) is 11.7 Å². The Balaban J connectivity index is 2.18. The van der Waals surface area contributed by atoms with Crippen LogP contribution >= 0.6 is 0 Å². The van der Waals surface area contributed by atoms with Crippen molar-refractivity contribution in [1.82, 2.24) is 15.0 Å². The number of rotatable bonds is 4. The highest BCUT2D eigenvalue weighted by molar-refractivity contribution is 5.95. The van der Waals surface area contributed by atoms with E-state index in [1.54, 1.807) is 4.68 Å². The predicted octanol–water partition coefficient (Wildman–Crippen LogP) is 0.442. The lowest BCUT2D eigenvalue weighted by Crippen LogP contribution is -2.13. The maximum Gasteiger partial charge on any atom is 0.208 e. The van der Waals surface area contributed by atoms with Crippen LogP contribution in [-0.2, 0) is 4.74 Å². The largest absolute Gasteiger partial charge is 0.376 e. The molecule has 2 rings (SSSR count). The van der Waals surface area contributed by atoms with Gasteiger partial charge in [0.1, 0.15) is 12.3 Å². The zero-order chi connectivity index (χ0) is 9.26. The molecular weight excluding hydrogens is 170 g/mol. The van der Waals surface area contributed by atoms with Gasteiger partial charge in [-0.2, -0.15) is 0 Å². The molecule has 5 nitrogen and oxygen atoms in total. The van der Waals surface area contributed by atoms with E-state index >= 15 is 0 Å². The maximum absolute atomic E-state index is 11.4. The van der Waals surface area contributed by atoms with Gasteiger partial charge in [0.15, 0.2) is 0 Å². The molecule has 0 spiro atoms. The van der Waals surface area contributed by atoms with Crippen LogP contribution in [0.5, 0.6) is 0 Å². The van der Waals surface area contributed by atoms with Crippen LogP contribution in [0.2, 0.25) is 0 Å². The van der Waals surface area contributed by atoms with E-state index in [4.69, 9.17) is 4.74 Å². The predicted molar refractivity (Wildman–Crippen MR) is 44.5 cm³/mol. The Hall–Kier alpha value is -1.23. The maximum atomic E-state index is 11.4. The summed E-state index contributed by atoms with van der Waals surface area (Å²) in [6, 6.07) is 0.387. The van der Waals surface area contributed by atoms with Gasteiger partial charge in [0, 0.05) is 7.11 Å². The number of carbonyl (C=O) groups excluding carboxylic acids is 1. The minimum atomic E-state index is -0.0561. The molecule has 0 N–H and O–H groups in total. The van der Waals surface area contributed by atoms with E-state index in [9.17, 15) is 4.79 Å². The van der Waals surface area contributed by atoms with E-state index in [1.165, 1.54) is 13.3 Å². The first-order chi connectivity index (χ1) is 6.33. The van der Waals surface area contributed by atoms with Crippen LogP contribution in [0.15, 0.2) is 6.20 Å². The van der Waals surface area contributed by atoms with Gasteiger partial charge in [0.2, 0.25) is 5.78 Å². The lowest BCUT2D eigenvalue weighted by molar-refractivity contribution is 0.0836. The molecule has 5 heteroatoms. The molecule has 0 bridgehead atoms. The number of carbonyl (C=O) groups is 1. The molecule has 1 aliphatic carbocycles. The number of Topliss-reactive ketones (excluding diaryl/α,β-unsaturated/α-hetero) is 1. The minimum Gasteiger partial charge on any atom is -0.376 e. The second-order valence-electron chi connectivity index (χ2n) is 3.15. The average molecular weight is 181 g/mol. The fourth-order valence-corrected chi connectivity index (χ4v) is 1.24. The zero-order valence-electron chi connectivity index (χ0n) is 7.43. The molecular formula is C8H11N3O2. The van der Waals surface area contributed by atoms with Gasteiger partial charge in [-0.15, -0.1) is 5.10 Å². The first kappa shape index (κ1) is 8.37. The highest BCUT2D eigenvalue weighted by atomic mass is 16.5. The van der Waals surface area contributed by atoms with Gasteiger partial charge in [0.05, 0.1) is 12.2 Å². The van der Waals surface area contributed by atoms with Gasteiger partial charge in [-0.1, -0.05) is 5.21 Å². The van der Waals surface area contributed by atoms with Crippen LogP contribution in [-0.4, -0.2) is 34.5 Å². The summed E-state index contributed by atoms with van der Waals surface area (Å²) in [5, 5.41) is 7.60. The highest BCUT2D eigenvalue weighted by Gasteiger charge is 2.28. The van der Waals surface area contributed by atoms with E-state index in [1.807, 2.05) is 0 Å². The van der Waals surface area contributed by atoms with Crippen LogP contribution in [0.3, 0.4) is 0 Å². The van der Waals surface area contributed by atoms with Crippen LogP contribution < -0.4 is 0 Å². The van der Waals surface area contributed by atoms with Crippen molar-refractivity contribution in [3.05, 3.63) is 11.9 Å². The first-order valence-corrected chi connectivity index (χ1v) is 4.25. The Labute approximate surface area is 75.7 Å². The molecule has 0 aromatic carbocycles. The molecule has 0 unspecified atom stereocenters. The Morgan fingerprint density at radius 3 is 3.15 bits per heavy atom. The van der Waals surface area contributed by atoms with E-state index in [0.717, 1.165) is 12.8 Å². The van der Waals surface area contributed by atoms with Gasteiger partial charge >= 0.3 is 0 Å². The molecule has 70 valence electrons. The fourth-order valence-electron chi connectivity index (χ4n) is 1.24. The molecule has 1 heterocycles.